The number of hydrogen-bond acceptors (Lipinski definition) is 4. The average Bonchev–Trinajstić information content (AvgIpc) is 2.76. The molecule has 0 aliphatic heterocycles. The summed E-state index contributed by atoms with van der Waals surface area (Å²) >= 11 is 1.21. The standard InChI is InChI=1S/C25H22FN3O2S/c1-16-11-17(2)13-20(12-16)29-24(31)21-5-3-4-6-22(21)28-25(29)32-15-23(30)27-14-18-7-9-19(26)10-8-18/h3-13H,14-15H2,1-2H3,(H,27,30). The van der Waals surface area contributed by atoms with Crippen LogP contribution in [0.1, 0.15) is 16.7 Å². The van der Waals surface area contributed by atoms with Gasteiger partial charge in [-0.25, -0.2) is 9.37 Å². The third kappa shape index (κ3) is 4.89. The van der Waals surface area contributed by atoms with Gasteiger partial charge in [0.15, 0.2) is 5.16 Å². The number of benzene rings is 3. The van der Waals surface area contributed by atoms with Gasteiger partial charge in [-0.3, -0.25) is 14.2 Å². The zero-order valence-corrected chi connectivity index (χ0v) is 18.6. The van der Waals surface area contributed by atoms with Crippen LogP contribution in [0.5, 0.6) is 0 Å². The van der Waals surface area contributed by atoms with E-state index < -0.39 is 0 Å². The highest BCUT2D eigenvalue weighted by Crippen LogP contribution is 2.22. The van der Waals surface area contributed by atoms with E-state index in [1.807, 2.05) is 44.2 Å². The van der Waals surface area contributed by atoms with Crippen LogP contribution in [0.15, 0.2) is 76.7 Å². The van der Waals surface area contributed by atoms with E-state index in [0.717, 1.165) is 22.4 Å². The lowest BCUT2D eigenvalue weighted by molar-refractivity contribution is -0.118. The lowest BCUT2D eigenvalue weighted by Crippen LogP contribution is -2.26. The molecule has 5 nitrogen and oxygen atoms in total. The molecule has 162 valence electrons. The average molecular weight is 448 g/mol. The summed E-state index contributed by atoms with van der Waals surface area (Å²) in [6.45, 7) is 4.26. The van der Waals surface area contributed by atoms with Crippen molar-refractivity contribution in [3.8, 4) is 5.69 Å². The summed E-state index contributed by atoms with van der Waals surface area (Å²) in [6, 6.07) is 19.1. The monoisotopic (exact) mass is 447 g/mol. The Balaban J connectivity index is 1.61. The number of aromatic nitrogens is 2. The fraction of sp³-hybridized carbons (Fsp3) is 0.160. The number of rotatable bonds is 6. The molecule has 0 unspecified atom stereocenters. The van der Waals surface area contributed by atoms with Crippen molar-refractivity contribution in [1.29, 1.82) is 0 Å². The van der Waals surface area contributed by atoms with Crippen molar-refractivity contribution in [3.63, 3.8) is 0 Å². The molecule has 1 amide bonds. The first kappa shape index (κ1) is 21.8. The number of carbonyl (C=O) groups excluding carboxylic acids is 1. The van der Waals surface area contributed by atoms with Crippen molar-refractivity contribution in [2.24, 2.45) is 0 Å². The van der Waals surface area contributed by atoms with E-state index in [9.17, 15) is 14.0 Å². The zero-order chi connectivity index (χ0) is 22.7. The van der Waals surface area contributed by atoms with Crippen molar-refractivity contribution in [1.82, 2.24) is 14.9 Å². The highest BCUT2D eigenvalue weighted by Gasteiger charge is 2.15. The Morgan fingerprint density at radius 2 is 1.72 bits per heavy atom. The van der Waals surface area contributed by atoms with Gasteiger partial charge in [0.1, 0.15) is 5.82 Å². The molecule has 1 N–H and O–H groups in total. The zero-order valence-electron chi connectivity index (χ0n) is 17.8. The molecule has 4 rings (SSSR count). The van der Waals surface area contributed by atoms with E-state index in [2.05, 4.69) is 10.3 Å². The molecule has 0 fully saturated rings. The number of thioether (sulfide) groups is 1. The molecule has 0 bridgehead atoms. The van der Waals surface area contributed by atoms with Crippen LogP contribution in [-0.4, -0.2) is 21.2 Å². The van der Waals surface area contributed by atoms with Crippen molar-refractivity contribution >= 4 is 28.6 Å². The summed E-state index contributed by atoms with van der Waals surface area (Å²) in [4.78, 5) is 30.4. The Labute approximate surface area is 189 Å². The molecule has 7 heteroatoms. The van der Waals surface area contributed by atoms with Crippen LogP contribution >= 0.6 is 11.8 Å². The fourth-order valence-electron chi connectivity index (χ4n) is 3.50. The quantitative estimate of drug-likeness (QED) is 0.348. The topological polar surface area (TPSA) is 64.0 Å². The molecule has 0 spiro atoms. The number of nitrogens with one attached hydrogen (secondary N) is 1. The lowest BCUT2D eigenvalue weighted by atomic mass is 10.1. The first-order valence-corrected chi connectivity index (χ1v) is 11.1. The molecule has 0 aliphatic rings. The smallest absolute Gasteiger partial charge is 0.266 e. The molecule has 0 atom stereocenters. The fourth-order valence-corrected chi connectivity index (χ4v) is 4.34. The van der Waals surface area contributed by atoms with Gasteiger partial charge < -0.3 is 5.32 Å². The molecule has 0 saturated carbocycles. The van der Waals surface area contributed by atoms with Crippen LogP contribution in [0, 0.1) is 19.7 Å². The van der Waals surface area contributed by atoms with Gasteiger partial charge in [0, 0.05) is 6.54 Å². The minimum absolute atomic E-state index is 0.0940. The maximum atomic E-state index is 13.3. The molecule has 0 aliphatic carbocycles. The maximum absolute atomic E-state index is 13.3. The number of carbonyl (C=O) groups is 1. The number of para-hydroxylation sites is 1. The van der Waals surface area contributed by atoms with Crippen LogP contribution in [0.4, 0.5) is 4.39 Å². The van der Waals surface area contributed by atoms with Crippen molar-refractivity contribution < 1.29 is 9.18 Å². The summed E-state index contributed by atoms with van der Waals surface area (Å²) in [5.41, 5.74) is 4.02. The predicted octanol–water partition coefficient (Wildman–Crippen LogP) is 4.55. The first-order valence-electron chi connectivity index (χ1n) is 10.1. The Bertz CT molecular complexity index is 1330. The Kier molecular flexibility index (Phi) is 6.37. The number of fused-ring (bicyclic) bond motifs is 1. The summed E-state index contributed by atoms with van der Waals surface area (Å²) in [6.07, 6.45) is 0. The summed E-state index contributed by atoms with van der Waals surface area (Å²) in [5.74, 6) is -0.424. The molecule has 3 aromatic carbocycles. The number of amides is 1. The molecular formula is C25H22FN3O2S. The van der Waals surface area contributed by atoms with Gasteiger partial charge in [-0.15, -0.1) is 0 Å². The molecule has 1 heterocycles. The Morgan fingerprint density at radius 1 is 1.03 bits per heavy atom. The Morgan fingerprint density at radius 3 is 2.44 bits per heavy atom. The summed E-state index contributed by atoms with van der Waals surface area (Å²) in [5, 5.41) is 3.80. The minimum atomic E-state index is -0.317. The summed E-state index contributed by atoms with van der Waals surface area (Å²) in [7, 11) is 0. The molecular weight excluding hydrogens is 425 g/mol. The first-order chi connectivity index (χ1) is 15.4. The van der Waals surface area contributed by atoms with E-state index in [0.29, 0.717) is 22.6 Å². The van der Waals surface area contributed by atoms with Gasteiger partial charge in [0.05, 0.1) is 22.3 Å². The van der Waals surface area contributed by atoms with Crippen LogP contribution in [-0.2, 0) is 11.3 Å². The van der Waals surface area contributed by atoms with E-state index in [4.69, 9.17) is 0 Å². The Hall–Kier alpha value is -3.45. The number of aryl methyl sites for hydroxylation is 2. The highest BCUT2D eigenvalue weighted by molar-refractivity contribution is 7.99. The van der Waals surface area contributed by atoms with Gasteiger partial charge in [-0.1, -0.05) is 42.1 Å². The maximum Gasteiger partial charge on any atom is 0.266 e. The molecule has 1 aromatic heterocycles. The third-order valence-electron chi connectivity index (χ3n) is 4.94. The van der Waals surface area contributed by atoms with Gasteiger partial charge >= 0.3 is 0 Å². The normalized spacial score (nSPS) is 11.0. The lowest BCUT2D eigenvalue weighted by Gasteiger charge is -2.14. The van der Waals surface area contributed by atoms with Crippen molar-refractivity contribution in [3.05, 3.63) is 99.6 Å². The van der Waals surface area contributed by atoms with E-state index in [1.165, 1.54) is 23.9 Å². The SMILES string of the molecule is Cc1cc(C)cc(-n2c(SCC(=O)NCc3ccc(F)cc3)nc3ccccc3c2=O)c1. The second-order valence-corrected chi connectivity index (χ2v) is 8.53. The highest BCUT2D eigenvalue weighted by atomic mass is 32.2. The molecule has 32 heavy (non-hydrogen) atoms. The minimum Gasteiger partial charge on any atom is -0.351 e. The molecule has 0 radical (unpaired) electrons. The third-order valence-corrected chi connectivity index (χ3v) is 5.88. The number of halogens is 1. The van der Waals surface area contributed by atoms with E-state index in [1.54, 1.807) is 28.8 Å². The molecule has 4 aromatic rings. The van der Waals surface area contributed by atoms with Crippen LogP contribution in [0.3, 0.4) is 0 Å². The van der Waals surface area contributed by atoms with Crippen molar-refractivity contribution in [2.75, 3.05) is 5.75 Å². The molecule has 0 saturated heterocycles. The summed E-state index contributed by atoms with van der Waals surface area (Å²) < 4.78 is 14.6. The second-order valence-electron chi connectivity index (χ2n) is 7.59. The van der Waals surface area contributed by atoms with Crippen LogP contribution < -0.4 is 10.9 Å². The number of hydrogen-bond donors (Lipinski definition) is 1. The number of nitrogens with zero attached hydrogens (tertiary/aromatic N) is 2. The van der Waals surface area contributed by atoms with Crippen LogP contribution in [0.25, 0.3) is 16.6 Å². The van der Waals surface area contributed by atoms with E-state index >= 15 is 0 Å². The van der Waals surface area contributed by atoms with Gasteiger partial charge in [0.25, 0.3) is 5.56 Å². The van der Waals surface area contributed by atoms with Crippen molar-refractivity contribution in [2.45, 2.75) is 25.5 Å². The van der Waals surface area contributed by atoms with E-state index in [-0.39, 0.29) is 23.0 Å². The van der Waals surface area contributed by atoms with Gasteiger partial charge in [-0.05, 0) is 66.9 Å². The van der Waals surface area contributed by atoms with Gasteiger partial charge in [-0.2, -0.15) is 0 Å². The van der Waals surface area contributed by atoms with Crippen LogP contribution in [0.2, 0.25) is 0 Å². The van der Waals surface area contributed by atoms with Gasteiger partial charge in [0.2, 0.25) is 5.91 Å². The largest absolute Gasteiger partial charge is 0.351 e. The predicted molar refractivity (Wildman–Crippen MR) is 126 cm³/mol. The second kappa shape index (κ2) is 9.36.